The predicted octanol–water partition coefficient (Wildman–Crippen LogP) is 0.849. The Morgan fingerprint density at radius 1 is 1.27 bits per heavy atom. The lowest BCUT2D eigenvalue weighted by atomic mass is 10.1. The van der Waals surface area contributed by atoms with Crippen molar-refractivity contribution in [1.82, 2.24) is 10.2 Å². The van der Waals surface area contributed by atoms with Crippen molar-refractivity contribution in [3.05, 3.63) is 29.8 Å². The van der Waals surface area contributed by atoms with Gasteiger partial charge in [0, 0.05) is 27.3 Å². The summed E-state index contributed by atoms with van der Waals surface area (Å²) < 4.78 is 10.0. The number of benzene rings is 1. The van der Waals surface area contributed by atoms with E-state index in [0.717, 1.165) is 12.0 Å². The third-order valence-corrected chi connectivity index (χ3v) is 3.14. The Morgan fingerprint density at radius 3 is 2.73 bits per heavy atom. The molecule has 6 heteroatoms. The average molecular weight is 308 g/mol. The van der Waals surface area contributed by atoms with Crippen molar-refractivity contribution in [2.24, 2.45) is 0 Å². The Balaban J connectivity index is 2.39. The van der Waals surface area contributed by atoms with Crippen LogP contribution in [-0.2, 0) is 20.7 Å². The SMILES string of the molecule is COCCCNC(=O)CN(C)C(=O)Cc1cccc(OC)c1. The van der Waals surface area contributed by atoms with Crippen molar-refractivity contribution in [3.8, 4) is 5.75 Å². The number of nitrogens with zero attached hydrogens (tertiary/aromatic N) is 1. The van der Waals surface area contributed by atoms with Crippen molar-refractivity contribution in [2.45, 2.75) is 12.8 Å². The molecule has 0 aromatic heterocycles. The molecule has 0 bridgehead atoms. The first-order chi connectivity index (χ1) is 10.6. The molecule has 0 atom stereocenters. The maximum atomic E-state index is 12.1. The molecular formula is C16H24N2O4. The molecule has 6 nitrogen and oxygen atoms in total. The number of amides is 2. The van der Waals surface area contributed by atoms with Gasteiger partial charge < -0.3 is 19.7 Å². The fraction of sp³-hybridized carbons (Fsp3) is 0.500. The number of ether oxygens (including phenoxy) is 2. The van der Waals surface area contributed by atoms with E-state index in [1.807, 2.05) is 24.3 Å². The monoisotopic (exact) mass is 308 g/mol. The summed E-state index contributed by atoms with van der Waals surface area (Å²) >= 11 is 0. The predicted molar refractivity (Wildman–Crippen MR) is 83.8 cm³/mol. The van der Waals surface area contributed by atoms with Gasteiger partial charge in [-0.15, -0.1) is 0 Å². The molecule has 0 saturated carbocycles. The lowest BCUT2D eigenvalue weighted by Gasteiger charge is -2.17. The fourth-order valence-corrected chi connectivity index (χ4v) is 1.90. The molecule has 0 spiro atoms. The molecule has 0 fully saturated rings. The van der Waals surface area contributed by atoms with Crippen LogP contribution >= 0.6 is 0 Å². The number of hydrogen-bond donors (Lipinski definition) is 1. The Hall–Kier alpha value is -2.08. The lowest BCUT2D eigenvalue weighted by Crippen LogP contribution is -2.39. The average Bonchev–Trinajstić information content (AvgIpc) is 2.51. The van der Waals surface area contributed by atoms with Crippen LogP contribution in [0.2, 0.25) is 0 Å². The lowest BCUT2D eigenvalue weighted by molar-refractivity contribution is -0.134. The molecular weight excluding hydrogens is 284 g/mol. The summed E-state index contributed by atoms with van der Waals surface area (Å²) in [5.74, 6) is 0.432. The minimum Gasteiger partial charge on any atom is -0.497 e. The standard InChI is InChI=1S/C16H24N2O4/c1-18(12-15(19)17-8-5-9-21-2)16(20)11-13-6-4-7-14(10-13)22-3/h4,6-7,10H,5,8-9,11-12H2,1-3H3,(H,17,19). The maximum absolute atomic E-state index is 12.1. The summed E-state index contributed by atoms with van der Waals surface area (Å²) in [6.45, 7) is 1.20. The van der Waals surface area contributed by atoms with Crippen molar-refractivity contribution in [1.29, 1.82) is 0 Å². The Labute approximate surface area is 131 Å². The van der Waals surface area contributed by atoms with Gasteiger partial charge in [0.2, 0.25) is 11.8 Å². The van der Waals surface area contributed by atoms with Gasteiger partial charge in [-0.1, -0.05) is 12.1 Å². The zero-order chi connectivity index (χ0) is 16.4. The molecule has 0 saturated heterocycles. The highest BCUT2D eigenvalue weighted by Crippen LogP contribution is 2.13. The molecule has 0 aliphatic carbocycles. The summed E-state index contributed by atoms with van der Waals surface area (Å²) in [7, 11) is 4.82. The molecule has 1 N–H and O–H groups in total. The van der Waals surface area contributed by atoms with Gasteiger partial charge in [0.25, 0.3) is 0 Å². The van der Waals surface area contributed by atoms with Crippen molar-refractivity contribution in [3.63, 3.8) is 0 Å². The highest BCUT2D eigenvalue weighted by Gasteiger charge is 2.13. The van der Waals surface area contributed by atoms with E-state index in [2.05, 4.69) is 5.32 Å². The molecule has 0 heterocycles. The zero-order valence-corrected chi connectivity index (χ0v) is 13.4. The van der Waals surface area contributed by atoms with Crippen LogP contribution in [0.1, 0.15) is 12.0 Å². The molecule has 0 aliphatic heterocycles. The summed E-state index contributed by atoms with van der Waals surface area (Å²) in [5.41, 5.74) is 0.858. The van der Waals surface area contributed by atoms with E-state index in [0.29, 0.717) is 18.9 Å². The van der Waals surface area contributed by atoms with Gasteiger partial charge in [0.15, 0.2) is 0 Å². The summed E-state index contributed by atoms with van der Waals surface area (Å²) in [4.78, 5) is 25.2. The van der Waals surface area contributed by atoms with E-state index in [9.17, 15) is 9.59 Å². The fourth-order valence-electron chi connectivity index (χ4n) is 1.90. The van der Waals surface area contributed by atoms with Gasteiger partial charge in [-0.3, -0.25) is 9.59 Å². The molecule has 1 aromatic rings. The summed E-state index contributed by atoms with van der Waals surface area (Å²) in [6, 6.07) is 7.34. The third kappa shape index (κ3) is 6.58. The summed E-state index contributed by atoms with van der Waals surface area (Å²) in [6.07, 6.45) is 0.994. The van der Waals surface area contributed by atoms with Crippen molar-refractivity contribution >= 4 is 11.8 Å². The Bertz CT molecular complexity index is 491. The van der Waals surface area contributed by atoms with Crippen LogP contribution in [0.5, 0.6) is 5.75 Å². The highest BCUT2D eigenvalue weighted by molar-refractivity contribution is 5.85. The molecule has 0 unspecified atom stereocenters. The number of carbonyl (C=O) groups is 2. The van der Waals surface area contributed by atoms with E-state index < -0.39 is 0 Å². The van der Waals surface area contributed by atoms with Gasteiger partial charge in [-0.05, 0) is 24.1 Å². The van der Waals surface area contributed by atoms with Crippen LogP contribution in [-0.4, -0.2) is 57.7 Å². The highest BCUT2D eigenvalue weighted by atomic mass is 16.5. The van der Waals surface area contributed by atoms with E-state index in [1.165, 1.54) is 4.90 Å². The van der Waals surface area contributed by atoms with Gasteiger partial charge in [0.1, 0.15) is 5.75 Å². The van der Waals surface area contributed by atoms with Crippen LogP contribution in [0.15, 0.2) is 24.3 Å². The number of likely N-dealkylation sites (N-methyl/N-ethyl adjacent to an activating group) is 1. The first-order valence-corrected chi connectivity index (χ1v) is 7.19. The smallest absolute Gasteiger partial charge is 0.239 e. The number of hydrogen-bond acceptors (Lipinski definition) is 4. The second kappa shape index (κ2) is 9.78. The van der Waals surface area contributed by atoms with Crippen LogP contribution in [0, 0.1) is 0 Å². The molecule has 22 heavy (non-hydrogen) atoms. The second-order valence-corrected chi connectivity index (χ2v) is 4.97. The quantitative estimate of drug-likeness (QED) is 0.687. The Morgan fingerprint density at radius 2 is 2.05 bits per heavy atom. The first-order valence-electron chi connectivity index (χ1n) is 7.19. The topological polar surface area (TPSA) is 67.9 Å². The molecule has 1 rings (SSSR count). The number of nitrogens with one attached hydrogen (secondary N) is 1. The summed E-state index contributed by atoms with van der Waals surface area (Å²) in [5, 5.41) is 2.75. The maximum Gasteiger partial charge on any atom is 0.239 e. The number of carbonyl (C=O) groups excluding carboxylic acids is 2. The number of rotatable bonds is 9. The van der Waals surface area contributed by atoms with Gasteiger partial charge >= 0.3 is 0 Å². The van der Waals surface area contributed by atoms with E-state index in [-0.39, 0.29) is 24.8 Å². The Kier molecular flexibility index (Phi) is 7.99. The zero-order valence-electron chi connectivity index (χ0n) is 13.4. The second-order valence-electron chi connectivity index (χ2n) is 4.97. The third-order valence-electron chi connectivity index (χ3n) is 3.14. The van der Waals surface area contributed by atoms with Crippen molar-refractivity contribution in [2.75, 3.05) is 41.0 Å². The molecule has 0 aliphatic rings. The molecule has 122 valence electrons. The largest absolute Gasteiger partial charge is 0.497 e. The van der Waals surface area contributed by atoms with Gasteiger partial charge in [-0.25, -0.2) is 0 Å². The van der Waals surface area contributed by atoms with Crippen LogP contribution in [0.3, 0.4) is 0 Å². The van der Waals surface area contributed by atoms with Crippen LogP contribution < -0.4 is 10.1 Å². The van der Waals surface area contributed by atoms with E-state index >= 15 is 0 Å². The van der Waals surface area contributed by atoms with Crippen molar-refractivity contribution < 1.29 is 19.1 Å². The van der Waals surface area contributed by atoms with Gasteiger partial charge in [0.05, 0.1) is 20.1 Å². The molecule has 1 aromatic carbocycles. The van der Waals surface area contributed by atoms with Gasteiger partial charge in [-0.2, -0.15) is 0 Å². The molecule has 0 radical (unpaired) electrons. The first kappa shape index (κ1) is 18.0. The normalized spacial score (nSPS) is 10.1. The minimum atomic E-state index is -0.169. The van der Waals surface area contributed by atoms with Crippen LogP contribution in [0.4, 0.5) is 0 Å². The molecule has 2 amide bonds. The van der Waals surface area contributed by atoms with E-state index in [4.69, 9.17) is 9.47 Å². The van der Waals surface area contributed by atoms with E-state index in [1.54, 1.807) is 21.3 Å². The van der Waals surface area contributed by atoms with Crippen LogP contribution in [0.25, 0.3) is 0 Å². The number of methoxy groups -OCH3 is 2. The minimum absolute atomic E-state index is 0.0514.